The van der Waals surface area contributed by atoms with E-state index in [1.54, 1.807) is 38.1 Å². The first-order valence-electron chi connectivity index (χ1n) is 7.39. The summed E-state index contributed by atoms with van der Waals surface area (Å²) < 4.78 is 18.2. The second kappa shape index (κ2) is 6.19. The molecule has 24 heavy (non-hydrogen) atoms. The number of rotatable bonds is 4. The lowest BCUT2D eigenvalue weighted by atomic mass is 10.2. The Morgan fingerprint density at radius 1 is 1.25 bits per heavy atom. The second-order valence-electron chi connectivity index (χ2n) is 5.54. The molecular weight excluding hydrogens is 313 g/mol. The van der Waals surface area contributed by atoms with E-state index in [0.29, 0.717) is 22.5 Å². The molecule has 1 atom stereocenters. The lowest BCUT2D eigenvalue weighted by Crippen LogP contribution is -2.32. The molecule has 124 valence electrons. The molecule has 0 bridgehead atoms. The van der Waals surface area contributed by atoms with E-state index in [4.69, 9.17) is 4.42 Å². The molecule has 2 aromatic carbocycles. The molecule has 0 saturated heterocycles. The number of fused-ring (bicyclic) bond motifs is 1. The fourth-order valence-electron chi connectivity index (χ4n) is 2.33. The van der Waals surface area contributed by atoms with Crippen molar-refractivity contribution in [2.75, 3.05) is 10.6 Å². The number of hydrogen-bond donors (Lipinski definition) is 3. The number of carbonyl (C=O) groups excluding carboxylic acids is 1. The summed E-state index contributed by atoms with van der Waals surface area (Å²) in [6.07, 6.45) is 0. The highest BCUT2D eigenvalue weighted by Gasteiger charge is 2.15. The molecule has 6 nitrogen and oxygen atoms in total. The van der Waals surface area contributed by atoms with Crippen LogP contribution in [0.1, 0.15) is 12.5 Å². The largest absolute Gasteiger partial charge is 0.417 e. The molecule has 7 heteroatoms. The SMILES string of the molecule is Cc1ccc(F)cc1NC(=O)C(C)Nc1ccc2oc(=O)[nH]c2c1. The first kappa shape index (κ1) is 15.8. The van der Waals surface area contributed by atoms with Crippen molar-refractivity contribution < 1.29 is 13.6 Å². The number of benzene rings is 2. The zero-order valence-corrected chi connectivity index (χ0v) is 13.1. The molecule has 3 aromatic rings. The van der Waals surface area contributed by atoms with Gasteiger partial charge in [0.25, 0.3) is 0 Å². The maximum Gasteiger partial charge on any atom is 0.417 e. The van der Waals surface area contributed by atoms with E-state index in [1.807, 2.05) is 0 Å². The number of aromatic nitrogens is 1. The maximum absolute atomic E-state index is 13.3. The van der Waals surface area contributed by atoms with Crippen molar-refractivity contribution in [3.63, 3.8) is 0 Å². The van der Waals surface area contributed by atoms with Crippen LogP contribution in [0.15, 0.2) is 45.6 Å². The van der Waals surface area contributed by atoms with Gasteiger partial charge in [0.2, 0.25) is 5.91 Å². The van der Waals surface area contributed by atoms with Crippen molar-refractivity contribution in [1.82, 2.24) is 4.98 Å². The van der Waals surface area contributed by atoms with E-state index in [0.717, 1.165) is 5.56 Å². The van der Waals surface area contributed by atoms with Crippen LogP contribution in [0.4, 0.5) is 15.8 Å². The Labute approximate surface area is 136 Å². The van der Waals surface area contributed by atoms with Gasteiger partial charge in [-0.1, -0.05) is 6.07 Å². The average Bonchev–Trinajstić information content (AvgIpc) is 2.90. The van der Waals surface area contributed by atoms with Crippen molar-refractivity contribution in [1.29, 1.82) is 0 Å². The highest BCUT2D eigenvalue weighted by atomic mass is 19.1. The van der Waals surface area contributed by atoms with Gasteiger partial charge in [-0.3, -0.25) is 9.78 Å². The molecule has 0 radical (unpaired) electrons. The number of halogens is 1. The predicted octanol–water partition coefficient (Wildman–Crippen LogP) is 3.01. The standard InChI is InChI=1S/C17H16FN3O3/c1-9-3-4-11(18)7-13(9)20-16(22)10(2)19-12-5-6-15-14(8-12)21-17(23)24-15/h3-8,10,19H,1-2H3,(H,20,22)(H,21,23). The molecule has 0 saturated carbocycles. The smallest absolute Gasteiger partial charge is 0.408 e. The fraction of sp³-hybridized carbons (Fsp3) is 0.176. The van der Waals surface area contributed by atoms with Crippen molar-refractivity contribution in [2.45, 2.75) is 19.9 Å². The zero-order valence-electron chi connectivity index (χ0n) is 13.1. The Hall–Kier alpha value is -3.09. The van der Waals surface area contributed by atoms with Gasteiger partial charge in [0.15, 0.2) is 5.58 Å². The summed E-state index contributed by atoms with van der Waals surface area (Å²) in [5, 5.41) is 5.72. The normalized spacial score (nSPS) is 12.1. The lowest BCUT2D eigenvalue weighted by molar-refractivity contribution is -0.116. The number of oxazole rings is 1. The number of hydrogen-bond acceptors (Lipinski definition) is 4. The number of anilines is 2. The number of H-pyrrole nitrogens is 1. The monoisotopic (exact) mass is 329 g/mol. The van der Waals surface area contributed by atoms with Gasteiger partial charge < -0.3 is 15.1 Å². The highest BCUT2D eigenvalue weighted by Crippen LogP contribution is 2.19. The molecular formula is C17H16FN3O3. The van der Waals surface area contributed by atoms with E-state index < -0.39 is 17.6 Å². The first-order valence-corrected chi connectivity index (χ1v) is 7.39. The number of aryl methyl sites for hydroxylation is 1. The van der Waals surface area contributed by atoms with Gasteiger partial charge in [0, 0.05) is 11.4 Å². The van der Waals surface area contributed by atoms with Crippen LogP contribution in [0, 0.1) is 12.7 Å². The summed E-state index contributed by atoms with van der Waals surface area (Å²) in [7, 11) is 0. The molecule has 0 aliphatic rings. The van der Waals surface area contributed by atoms with Crippen LogP contribution in [0.2, 0.25) is 0 Å². The minimum atomic E-state index is -0.566. The molecule has 3 N–H and O–H groups in total. The van der Waals surface area contributed by atoms with Crippen LogP contribution >= 0.6 is 0 Å². The Morgan fingerprint density at radius 3 is 2.83 bits per heavy atom. The highest BCUT2D eigenvalue weighted by molar-refractivity contribution is 5.97. The van der Waals surface area contributed by atoms with E-state index in [-0.39, 0.29) is 5.91 Å². The minimum absolute atomic E-state index is 0.301. The van der Waals surface area contributed by atoms with Gasteiger partial charge in [0.05, 0.1) is 5.52 Å². The predicted molar refractivity (Wildman–Crippen MR) is 89.7 cm³/mol. The van der Waals surface area contributed by atoms with Gasteiger partial charge in [-0.05, 0) is 49.7 Å². The Morgan fingerprint density at radius 2 is 2.04 bits per heavy atom. The van der Waals surface area contributed by atoms with E-state index >= 15 is 0 Å². The van der Waals surface area contributed by atoms with Gasteiger partial charge in [0.1, 0.15) is 11.9 Å². The summed E-state index contributed by atoms with van der Waals surface area (Å²) in [5.41, 5.74) is 2.84. The molecule has 3 rings (SSSR count). The molecule has 0 fully saturated rings. The number of amides is 1. The van der Waals surface area contributed by atoms with Crippen molar-refractivity contribution in [3.05, 3.63) is 58.3 Å². The average molecular weight is 329 g/mol. The molecule has 1 aromatic heterocycles. The van der Waals surface area contributed by atoms with Crippen LogP contribution in [-0.2, 0) is 4.79 Å². The number of aromatic amines is 1. The molecule has 0 aliphatic heterocycles. The van der Waals surface area contributed by atoms with E-state index in [9.17, 15) is 14.0 Å². The van der Waals surface area contributed by atoms with Crippen LogP contribution < -0.4 is 16.4 Å². The zero-order chi connectivity index (χ0) is 17.3. The van der Waals surface area contributed by atoms with Gasteiger partial charge in [-0.2, -0.15) is 0 Å². The molecule has 0 aliphatic carbocycles. The molecule has 1 unspecified atom stereocenters. The van der Waals surface area contributed by atoms with E-state index in [2.05, 4.69) is 15.6 Å². The quantitative estimate of drug-likeness (QED) is 0.687. The number of carbonyl (C=O) groups is 1. The van der Waals surface area contributed by atoms with E-state index in [1.165, 1.54) is 12.1 Å². The Bertz CT molecular complexity index is 961. The summed E-state index contributed by atoms with van der Waals surface area (Å²) in [6.45, 7) is 3.47. The molecule has 0 spiro atoms. The van der Waals surface area contributed by atoms with Crippen LogP contribution in [0.3, 0.4) is 0 Å². The summed E-state index contributed by atoms with van der Waals surface area (Å²) in [5.74, 6) is -1.25. The van der Waals surface area contributed by atoms with Crippen molar-refractivity contribution in [3.8, 4) is 0 Å². The summed E-state index contributed by atoms with van der Waals surface area (Å²) in [6, 6.07) is 8.68. The van der Waals surface area contributed by atoms with Gasteiger partial charge in [-0.25, -0.2) is 9.18 Å². The number of nitrogens with one attached hydrogen (secondary N) is 3. The van der Waals surface area contributed by atoms with Crippen LogP contribution in [0.5, 0.6) is 0 Å². The lowest BCUT2D eigenvalue weighted by Gasteiger charge is -2.16. The third-order valence-electron chi connectivity index (χ3n) is 3.65. The Balaban J connectivity index is 1.72. The third kappa shape index (κ3) is 3.29. The first-order chi connectivity index (χ1) is 11.4. The van der Waals surface area contributed by atoms with Gasteiger partial charge >= 0.3 is 5.76 Å². The molecule has 1 heterocycles. The van der Waals surface area contributed by atoms with Crippen molar-refractivity contribution in [2.24, 2.45) is 0 Å². The Kier molecular flexibility index (Phi) is 4.07. The second-order valence-corrected chi connectivity index (χ2v) is 5.54. The van der Waals surface area contributed by atoms with Gasteiger partial charge in [-0.15, -0.1) is 0 Å². The fourth-order valence-corrected chi connectivity index (χ4v) is 2.33. The molecule has 1 amide bonds. The van der Waals surface area contributed by atoms with Crippen LogP contribution in [0.25, 0.3) is 11.1 Å². The topological polar surface area (TPSA) is 87.1 Å². The minimum Gasteiger partial charge on any atom is -0.408 e. The summed E-state index contributed by atoms with van der Waals surface area (Å²) in [4.78, 5) is 26.0. The van der Waals surface area contributed by atoms with Crippen molar-refractivity contribution >= 4 is 28.4 Å². The summed E-state index contributed by atoms with van der Waals surface area (Å²) >= 11 is 0. The van der Waals surface area contributed by atoms with Crippen LogP contribution in [-0.4, -0.2) is 16.9 Å². The maximum atomic E-state index is 13.3. The third-order valence-corrected chi connectivity index (χ3v) is 3.65.